The highest BCUT2D eigenvalue weighted by atomic mass is 32.2. The van der Waals surface area contributed by atoms with Gasteiger partial charge in [-0.3, -0.25) is 4.72 Å². The molecule has 0 spiro atoms. The van der Waals surface area contributed by atoms with Crippen molar-refractivity contribution in [1.29, 1.82) is 0 Å². The molecule has 9 heteroatoms. The average molecular weight is 415 g/mol. The number of nitrogens with zero attached hydrogens (tertiary/aromatic N) is 1. The standard InChI is InChI=1S/C17H22N2O4S3/c1-3-16-7-8-17(24-16)26(22,23)18-15-6-5-13-9-10-19(12-14(13)11-15)25(20,21)4-2/h5-8,11,18H,3-4,9-10,12H2,1-2H3. The molecule has 1 aromatic carbocycles. The van der Waals surface area contributed by atoms with Crippen LogP contribution in [0.15, 0.2) is 34.5 Å². The van der Waals surface area contributed by atoms with Crippen LogP contribution in [-0.4, -0.2) is 33.4 Å². The molecule has 26 heavy (non-hydrogen) atoms. The molecule has 0 aliphatic carbocycles. The lowest BCUT2D eigenvalue weighted by Crippen LogP contribution is -2.36. The minimum absolute atomic E-state index is 0.0623. The van der Waals surface area contributed by atoms with Crippen molar-refractivity contribution < 1.29 is 16.8 Å². The number of rotatable bonds is 6. The Balaban J connectivity index is 1.84. The molecular formula is C17H22N2O4S3. The third-order valence-corrected chi connectivity index (χ3v) is 9.37. The third-order valence-electron chi connectivity index (χ3n) is 4.44. The molecule has 6 nitrogen and oxygen atoms in total. The van der Waals surface area contributed by atoms with E-state index in [9.17, 15) is 16.8 Å². The summed E-state index contributed by atoms with van der Waals surface area (Å²) in [5, 5.41) is 0. The molecule has 142 valence electrons. The molecule has 0 saturated carbocycles. The number of sulfonamides is 2. The Kier molecular flexibility index (Phi) is 5.43. The van der Waals surface area contributed by atoms with Gasteiger partial charge in [-0.15, -0.1) is 11.3 Å². The van der Waals surface area contributed by atoms with Crippen molar-refractivity contribution >= 4 is 37.1 Å². The number of hydrogen-bond donors (Lipinski definition) is 1. The Morgan fingerprint density at radius 3 is 2.50 bits per heavy atom. The van der Waals surface area contributed by atoms with Crippen molar-refractivity contribution in [2.75, 3.05) is 17.0 Å². The highest BCUT2D eigenvalue weighted by molar-refractivity contribution is 7.94. The first-order chi connectivity index (χ1) is 12.2. The summed E-state index contributed by atoms with van der Waals surface area (Å²) in [6.07, 6.45) is 1.42. The van der Waals surface area contributed by atoms with E-state index in [1.54, 1.807) is 25.1 Å². The molecule has 0 radical (unpaired) electrons. The summed E-state index contributed by atoms with van der Waals surface area (Å²) in [7, 11) is -6.90. The van der Waals surface area contributed by atoms with E-state index < -0.39 is 20.0 Å². The Labute approximate surface area is 159 Å². The highest BCUT2D eigenvalue weighted by Gasteiger charge is 2.26. The van der Waals surface area contributed by atoms with Gasteiger partial charge in [-0.1, -0.05) is 13.0 Å². The van der Waals surface area contributed by atoms with E-state index in [1.807, 2.05) is 19.1 Å². The fourth-order valence-corrected chi connectivity index (χ4v) is 6.33. The third kappa shape index (κ3) is 3.95. The average Bonchev–Trinajstić information content (AvgIpc) is 3.11. The van der Waals surface area contributed by atoms with Crippen LogP contribution in [0.3, 0.4) is 0 Å². The van der Waals surface area contributed by atoms with E-state index in [4.69, 9.17) is 0 Å². The number of aryl methyl sites for hydroxylation is 1. The van der Waals surface area contributed by atoms with Gasteiger partial charge in [0.15, 0.2) is 0 Å². The summed E-state index contributed by atoms with van der Waals surface area (Å²) in [6.45, 7) is 4.35. The predicted molar refractivity (Wildman–Crippen MR) is 105 cm³/mol. The maximum atomic E-state index is 12.6. The van der Waals surface area contributed by atoms with Crippen molar-refractivity contribution in [2.45, 2.75) is 37.4 Å². The van der Waals surface area contributed by atoms with Crippen LogP contribution in [0.1, 0.15) is 29.9 Å². The molecule has 2 aromatic rings. The second-order valence-corrected chi connectivity index (χ2v) is 11.5. The van der Waals surface area contributed by atoms with E-state index in [2.05, 4.69) is 4.72 Å². The molecule has 1 N–H and O–H groups in total. The zero-order chi connectivity index (χ0) is 18.9. The van der Waals surface area contributed by atoms with Crippen LogP contribution in [0.4, 0.5) is 5.69 Å². The molecule has 1 aliphatic heterocycles. The van der Waals surface area contributed by atoms with Gasteiger partial charge in [0.2, 0.25) is 10.0 Å². The maximum absolute atomic E-state index is 12.6. The van der Waals surface area contributed by atoms with Gasteiger partial charge in [0.05, 0.1) is 5.75 Å². The summed E-state index contributed by atoms with van der Waals surface area (Å²) in [6, 6.07) is 8.77. The Morgan fingerprint density at radius 1 is 1.08 bits per heavy atom. The van der Waals surface area contributed by atoms with Crippen LogP contribution in [0.5, 0.6) is 0 Å². The minimum Gasteiger partial charge on any atom is -0.279 e. The van der Waals surface area contributed by atoms with Crippen LogP contribution < -0.4 is 4.72 Å². The second-order valence-electron chi connectivity index (χ2n) is 6.15. The lowest BCUT2D eigenvalue weighted by molar-refractivity contribution is 0.392. The smallest absolute Gasteiger partial charge is 0.271 e. The lowest BCUT2D eigenvalue weighted by Gasteiger charge is -2.28. The highest BCUT2D eigenvalue weighted by Crippen LogP contribution is 2.28. The number of nitrogens with one attached hydrogen (secondary N) is 1. The quantitative estimate of drug-likeness (QED) is 0.788. The van der Waals surface area contributed by atoms with Crippen molar-refractivity contribution in [1.82, 2.24) is 4.31 Å². The molecule has 2 heterocycles. The molecule has 1 aromatic heterocycles. The van der Waals surface area contributed by atoms with Crippen LogP contribution in [-0.2, 0) is 39.4 Å². The van der Waals surface area contributed by atoms with Gasteiger partial charge < -0.3 is 0 Å². The predicted octanol–water partition coefficient (Wildman–Crippen LogP) is 2.82. The number of anilines is 1. The summed E-state index contributed by atoms with van der Waals surface area (Å²) in [5.74, 6) is 0.0623. The zero-order valence-electron chi connectivity index (χ0n) is 14.7. The van der Waals surface area contributed by atoms with E-state index >= 15 is 0 Å². The van der Waals surface area contributed by atoms with Crippen molar-refractivity contribution in [3.05, 3.63) is 46.3 Å². The molecule has 0 bridgehead atoms. The molecular weight excluding hydrogens is 392 g/mol. The molecule has 0 saturated heterocycles. The number of thiophene rings is 1. The van der Waals surface area contributed by atoms with Crippen LogP contribution >= 0.6 is 11.3 Å². The Morgan fingerprint density at radius 2 is 1.85 bits per heavy atom. The van der Waals surface area contributed by atoms with Crippen molar-refractivity contribution in [3.8, 4) is 0 Å². The van der Waals surface area contributed by atoms with Gasteiger partial charge in [-0.05, 0) is 55.2 Å². The lowest BCUT2D eigenvalue weighted by atomic mass is 10.0. The van der Waals surface area contributed by atoms with Gasteiger partial charge in [-0.25, -0.2) is 16.8 Å². The summed E-state index contributed by atoms with van der Waals surface area (Å²) >= 11 is 1.26. The SMILES string of the molecule is CCc1ccc(S(=O)(=O)Nc2ccc3c(c2)CN(S(=O)(=O)CC)CC3)s1. The molecule has 1 aliphatic rings. The van der Waals surface area contributed by atoms with Gasteiger partial charge >= 0.3 is 0 Å². The number of benzene rings is 1. The largest absolute Gasteiger partial charge is 0.279 e. The van der Waals surface area contributed by atoms with Crippen LogP contribution in [0, 0.1) is 0 Å². The monoisotopic (exact) mass is 414 g/mol. The molecule has 0 amide bonds. The topological polar surface area (TPSA) is 83.6 Å². The molecule has 0 fully saturated rings. The fraction of sp³-hybridized carbons (Fsp3) is 0.412. The summed E-state index contributed by atoms with van der Waals surface area (Å²) in [4.78, 5) is 1.01. The van der Waals surface area contributed by atoms with E-state index in [0.717, 1.165) is 22.4 Å². The zero-order valence-corrected chi connectivity index (χ0v) is 17.2. The van der Waals surface area contributed by atoms with Crippen LogP contribution in [0.2, 0.25) is 0 Å². The van der Waals surface area contributed by atoms with Gasteiger partial charge in [-0.2, -0.15) is 4.31 Å². The summed E-state index contributed by atoms with van der Waals surface area (Å²) < 4.78 is 53.7. The van der Waals surface area contributed by atoms with E-state index in [0.29, 0.717) is 18.7 Å². The Bertz CT molecular complexity index is 1010. The number of hydrogen-bond acceptors (Lipinski definition) is 5. The van der Waals surface area contributed by atoms with Gasteiger partial charge in [0.25, 0.3) is 10.0 Å². The first kappa shape index (κ1) is 19.3. The second kappa shape index (κ2) is 7.30. The molecule has 0 atom stereocenters. The van der Waals surface area contributed by atoms with Gasteiger partial charge in [0, 0.05) is 23.7 Å². The first-order valence-corrected chi connectivity index (χ1v) is 12.4. The Hall–Kier alpha value is -1.42. The summed E-state index contributed by atoms with van der Waals surface area (Å²) in [5.41, 5.74) is 2.35. The fourth-order valence-electron chi connectivity index (χ4n) is 2.91. The normalized spacial score (nSPS) is 15.6. The van der Waals surface area contributed by atoms with Gasteiger partial charge in [0.1, 0.15) is 4.21 Å². The van der Waals surface area contributed by atoms with E-state index in [1.165, 1.54) is 15.6 Å². The number of fused-ring (bicyclic) bond motifs is 1. The van der Waals surface area contributed by atoms with Crippen LogP contribution in [0.25, 0.3) is 0 Å². The van der Waals surface area contributed by atoms with Crippen molar-refractivity contribution in [3.63, 3.8) is 0 Å². The minimum atomic E-state index is -3.64. The molecule has 3 rings (SSSR count). The molecule has 0 unspecified atom stereocenters. The first-order valence-electron chi connectivity index (χ1n) is 8.46. The van der Waals surface area contributed by atoms with Crippen molar-refractivity contribution in [2.24, 2.45) is 0 Å². The maximum Gasteiger partial charge on any atom is 0.271 e. The van der Waals surface area contributed by atoms with E-state index in [-0.39, 0.29) is 16.5 Å².